The van der Waals surface area contributed by atoms with E-state index < -0.39 is 18.1 Å². The van der Waals surface area contributed by atoms with E-state index in [1.54, 1.807) is 6.07 Å². The number of aromatic nitrogens is 3. The topological polar surface area (TPSA) is 120 Å². The van der Waals surface area contributed by atoms with E-state index in [-0.39, 0.29) is 5.92 Å². The fourth-order valence-corrected chi connectivity index (χ4v) is 4.91. The van der Waals surface area contributed by atoms with Crippen molar-refractivity contribution >= 4 is 16.9 Å². The van der Waals surface area contributed by atoms with Gasteiger partial charge in [-0.2, -0.15) is 0 Å². The molecule has 0 bridgehead atoms. The smallest absolute Gasteiger partial charge is 0.251 e. The van der Waals surface area contributed by atoms with Gasteiger partial charge >= 0.3 is 0 Å². The standard InChI is InChI=1S/C25H29FN6O2/c26-19-6-5-17(11-20(19)27)22-24-23(30-14-29-22)18(25(28)33)12-21(31-24)16-3-1-15(2-4-16)13-32-7-9-34-10-8-32/h1-4,12,14,17,19-20H,5-11,13,27H2,(H2,28,33)/t17?,19-,20+/m1/s1. The van der Waals surface area contributed by atoms with Gasteiger partial charge in [0.2, 0.25) is 0 Å². The first kappa shape index (κ1) is 22.8. The van der Waals surface area contributed by atoms with Crippen LogP contribution in [-0.4, -0.2) is 64.3 Å². The molecule has 1 aromatic carbocycles. The van der Waals surface area contributed by atoms with Crippen molar-refractivity contribution in [1.29, 1.82) is 0 Å². The normalized spacial score (nSPS) is 23.8. The van der Waals surface area contributed by atoms with Gasteiger partial charge in [-0.3, -0.25) is 9.69 Å². The fourth-order valence-electron chi connectivity index (χ4n) is 4.91. The Bertz CT molecular complexity index is 1180. The van der Waals surface area contributed by atoms with Crippen LogP contribution in [0.5, 0.6) is 0 Å². The van der Waals surface area contributed by atoms with E-state index in [2.05, 4.69) is 27.0 Å². The molecule has 1 saturated heterocycles. The Morgan fingerprint density at radius 3 is 2.59 bits per heavy atom. The van der Waals surface area contributed by atoms with E-state index in [0.29, 0.717) is 47.2 Å². The highest BCUT2D eigenvalue weighted by molar-refractivity contribution is 6.05. The van der Waals surface area contributed by atoms with Gasteiger partial charge in [0.05, 0.1) is 30.2 Å². The molecule has 9 heteroatoms. The summed E-state index contributed by atoms with van der Waals surface area (Å²) in [4.78, 5) is 28.3. The van der Waals surface area contributed by atoms with Crippen molar-refractivity contribution in [3.8, 4) is 11.3 Å². The predicted molar refractivity (Wildman–Crippen MR) is 127 cm³/mol. The second-order valence-electron chi connectivity index (χ2n) is 9.15. The molecule has 3 heterocycles. The molecule has 3 atom stereocenters. The van der Waals surface area contributed by atoms with Gasteiger partial charge in [0.15, 0.2) is 0 Å². The van der Waals surface area contributed by atoms with Gasteiger partial charge in [-0.1, -0.05) is 24.3 Å². The van der Waals surface area contributed by atoms with Crippen LogP contribution in [0, 0.1) is 0 Å². The minimum atomic E-state index is -1.01. The number of fused-ring (bicyclic) bond motifs is 1. The summed E-state index contributed by atoms with van der Waals surface area (Å²) in [5.74, 6) is -0.627. The lowest BCUT2D eigenvalue weighted by Gasteiger charge is -2.29. The van der Waals surface area contributed by atoms with Crippen molar-refractivity contribution in [2.24, 2.45) is 11.5 Å². The van der Waals surface area contributed by atoms with Crippen molar-refractivity contribution in [3.63, 3.8) is 0 Å². The Hall–Kier alpha value is -3.01. The number of pyridine rings is 1. The third kappa shape index (κ3) is 4.64. The van der Waals surface area contributed by atoms with Crippen LogP contribution in [0.25, 0.3) is 22.3 Å². The van der Waals surface area contributed by atoms with Crippen molar-refractivity contribution in [2.75, 3.05) is 26.3 Å². The van der Waals surface area contributed by atoms with Crippen LogP contribution in [0.1, 0.15) is 46.8 Å². The van der Waals surface area contributed by atoms with E-state index in [4.69, 9.17) is 21.2 Å². The molecule has 0 spiro atoms. The lowest BCUT2D eigenvalue weighted by Crippen LogP contribution is -2.37. The number of carbonyl (C=O) groups excluding carboxylic acids is 1. The Morgan fingerprint density at radius 2 is 1.88 bits per heavy atom. The molecule has 8 nitrogen and oxygen atoms in total. The quantitative estimate of drug-likeness (QED) is 0.595. The van der Waals surface area contributed by atoms with Crippen molar-refractivity contribution in [1.82, 2.24) is 19.9 Å². The number of nitrogens with zero attached hydrogens (tertiary/aromatic N) is 4. The van der Waals surface area contributed by atoms with E-state index in [1.807, 2.05) is 12.1 Å². The summed E-state index contributed by atoms with van der Waals surface area (Å²) in [7, 11) is 0. The Morgan fingerprint density at radius 1 is 1.12 bits per heavy atom. The summed E-state index contributed by atoms with van der Waals surface area (Å²) in [6, 6.07) is 9.30. The Labute approximate surface area is 197 Å². The van der Waals surface area contributed by atoms with Crippen LogP contribution in [0.4, 0.5) is 4.39 Å². The third-order valence-corrected chi connectivity index (χ3v) is 6.84. The highest BCUT2D eigenvalue weighted by Gasteiger charge is 2.31. The zero-order valence-electron chi connectivity index (χ0n) is 19.0. The molecule has 5 rings (SSSR count). The maximum Gasteiger partial charge on any atom is 0.251 e. The van der Waals surface area contributed by atoms with Gasteiger partial charge in [-0.25, -0.2) is 19.3 Å². The molecule has 4 N–H and O–H groups in total. The minimum Gasteiger partial charge on any atom is -0.379 e. The molecule has 2 aliphatic rings. The number of hydrogen-bond donors (Lipinski definition) is 2. The molecule has 1 aliphatic carbocycles. The van der Waals surface area contributed by atoms with Gasteiger partial charge < -0.3 is 16.2 Å². The maximum absolute atomic E-state index is 14.0. The molecule has 1 unspecified atom stereocenters. The number of alkyl halides is 1. The van der Waals surface area contributed by atoms with Crippen LogP contribution in [0.15, 0.2) is 36.7 Å². The average Bonchev–Trinajstić information content (AvgIpc) is 2.86. The average molecular weight is 465 g/mol. The number of carbonyl (C=O) groups is 1. The third-order valence-electron chi connectivity index (χ3n) is 6.84. The number of nitrogens with two attached hydrogens (primary N) is 2. The highest BCUT2D eigenvalue weighted by Crippen LogP contribution is 2.36. The summed E-state index contributed by atoms with van der Waals surface area (Å²) in [6.07, 6.45) is 1.88. The Kier molecular flexibility index (Phi) is 6.49. The summed E-state index contributed by atoms with van der Waals surface area (Å²) in [5.41, 5.74) is 16.3. The highest BCUT2D eigenvalue weighted by atomic mass is 19.1. The first-order chi connectivity index (χ1) is 16.5. The molecule has 178 valence electrons. The first-order valence-corrected chi connectivity index (χ1v) is 11.7. The molecule has 2 aromatic heterocycles. The van der Waals surface area contributed by atoms with Gasteiger partial charge in [0, 0.05) is 37.2 Å². The van der Waals surface area contributed by atoms with Crippen LogP contribution < -0.4 is 11.5 Å². The maximum atomic E-state index is 14.0. The fraction of sp³-hybridized carbons (Fsp3) is 0.440. The van der Waals surface area contributed by atoms with Crippen LogP contribution in [-0.2, 0) is 11.3 Å². The number of benzene rings is 1. The number of halogens is 1. The molecular weight excluding hydrogens is 435 g/mol. The van der Waals surface area contributed by atoms with Gasteiger partial charge in [-0.15, -0.1) is 0 Å². The minimum absolute atomic E-state index is 0.0492. The van der Waals surface area contributed by atoms with E-state index in [0.717, 1.165) is 38.4 Å². The van der Waals surface area contributed by atoms with Gasteiger partial charge in [0.25, 0.3) is 5.91 Å². The lowest BCUT2D eigenvalue weighted by atomic mass is 9.82. The molecule has 1 aliphatic heterocycles. The summed E-state index contributed by atoms with van der Waals surface area (Å²) in [5, 5.41) is 0. The van der Waals surface area contributed by atoms with E-state index in [1.165, 1.54) is 11.9 Å². The summed E-state index contributed by atoms with van der Waals surface area (Å²) in [6.45, 7) is 4.23. The van der Waals surface area contributed by atoms with Gasteiger partial charge in [-0.05, 0) is 30.9 Å². The lowest BCUT2D eigenvalue weighted by molar-refractivity contribution is 0.0342. The number of morpholine rings is 1. The molecular formula is C25H29FN6O2. The van der Waals surface area contributed by atoms with Gasteiger partial charge in [0.1, 0.15) is 23.5 Å². The molecule has 0 radical (unpaired) electrons. The van der Waals surface area contributed by atoms with Crippen molar-refractivity contribution < 1.29 is 13.9 Å². The zero-order chi connectivity index (χ0) is 23.7. The number of hydrogen-bond acceptors (Lipinski definition) is 7. The predicted octanol–water partition coefficient (Wildman–Crippen LogP) is 2.56. The SMILES string of the molecule is NC(=O)c1cc(-c2ccc(CN3CCOCC3)cc2)nc2c(C3CC[C@@H](F)[C@@H](N)C3)ncnc12. The van der Waals surface area contributed by atoms with Crippen LogP contribution in [0.3, 0.4) is 0 Å². The number of primary amides is 1. The van der Waals surface area contributed by atoms with Crippen molar-refractivity contribution in [2.45, 2.75) is 43.9 Å². The summed E-state index contributed by atoms with van der Waals surface area (Å²) < 4.78 is 19.4. The van der Waals surface area contributed by atoms with E-state index in [9.17, 15) is 9.18 Å². The Balaban J connectivity index is 1.50. The monoisotopic (exact) mass is 464 g/mol. The van der Waals surface area contributed by atoms with Crippen LogP contribution in [0.2, 0.25) is 0 Å². The summed E-state index contributed by atoms with van der Waals surface area (Å²) >= 11 is 0. The molecule has 1 amide bonds. The van der Waals surface area contributed by atoms with Crippen molar-refractivity contribution in [3.05, 3.63) is 53.5 Å². The molecule has 3 aromatic rings. The second-order valence-corrected chi connectivity index (χ2v) is 9.15. The first-order valence-electron chi connectivity index (χ1n) is 11.7. The van der Waals surface area contributed by atoms with Crippen LogP contribution >= 0.6 is 0 Å². The molecule has 1 saturated carbocycles. The van der Waals surface area contributed by atoms with E-state index >= 15 is 0 Å². The molecule has 2 fully saturated rings. The second kappa shape index (κ2) is 9.69. The number of amides is 1. The number of rotatable bonds is 5. The zero-order valence-corrected chi connectivity index (χ0v) is 19.0. The number of ether oxygens (including phenoxy) is 1. The molecule has 34 heavy (non-hydrogen) atoms. The largest absolute Gasteiger partial charge is 0.379 e.